The predicted molar refractivity (Wildman–Crippen MR) is 83.7 cm³/mol. The number of hydrogen-bond donors (Lipinski definition) is 1. The molecule has 1 N–H and O–H groups in total. The summed E-state index contributed by atoms with van der Waals surface area (Å²) in [6, 6.07) is 19.7. The van der Waals surface area contributed by atoms with Gasteiger partial charge in [0.1, 0.15) is 11.5 Å². The predicted octanol–water partition coefficient (Wildman–Crippen LogP) is 3.79. The summed E-state index contributed by atoms with van der Waals surface area (Å²) in [6.07, 6.45) is 3.74. The fourth-order valence-electron chi connectivity index (χ4n) is 2.04. The van der Waals surface area contributed by atoms with Crippen molar-refractivity contribution in [3.05, 3.63) is 73.1 Å². The number of benzene rings is 2. The number of para-hydroxylation sites is 1. The molecule has 0 spiro atoms. The molecule has 0 atom stereocenters. The second kappa shape index (κ2) is 6.61. The van der Waals surface area contributed by atoms with Crippen LogP contribution >= 0.6 is 0 Å². The Labute approximate surface area is 124 Å². The van der Waals surface area contributed by atoms with Crippen molar-refractivity contribution in [1.82, 2.24) is 9.78 Å². The first-order valence-electron chi connectivity index (χ1n) is 6.94. The molecule has 0 saturated carbocycles. The maximum Gasteiger partial charge on any atom is 0.129 e. The van der Waals surface area contributed by atoms with E-state index in [2.05, 4.69) is 10.4 Å². The molecule has 0 bridgehead atoms. The Hall–Kier alpha value is -2.75. The molecule has 2 aromatic carbocycles. The Morgan fingerprint density at radius 3 is 2.62 bits per heavy atom. The van der Waals surface area contributed by atoms with E-state index in [1.165, 1.54) is 0 Å². The van der Waals surface area contributed by atoms with Crippen molar-refractivity contribution in [2.75, 3.05) is 11.9 Å². The van der Waals surface area contributed by atoms with Crippen LogP contribution < -0.4 is 10.1 Å². The second-order valence-corrected chi connectivity index (χ2v) is 4.64. The molecule has 1 heterocycles. The standard InChI is InChI=1S/C17H17N3O/c1-2-7-16(8-3-1)21-17-9-4-6-15(14-17)18-11-13-20-12-5-10-19-20/h1-10,12,14,18H,11,13H2. The van der Waals surface area contributed by atoms with E-state index in [0.29, 0.717) is 0 Å². The summed E-state index contributed by atoms with van der Waals surface area (Å²) in [5.41, 5.74) is 1.04. The van der Waals surface area contributed by atoms with E-state index in [4.69, 9.17) is 4.74 Å². The average Bonchev–Trinajstić information content (AvgIpc) is 3.02. The van der Waals surface area contributed by atoms with Gasteiger partial charge in [0.15, 0.2) is 0 Å². The van der Waals surface area contributed by atoms with Gasteiger partial charge < -0.3 is 10.1 Å². The summed E-state index contributed by atoms with van der Waals surface area (Å²) < 4.78 is 7.71. The van der Waals surface area contributed by atoms with Gasteiger partial charge in [-0.1, -0.05) is 24.3 Å². The van der Waals surface area contributed by atoms with Crippen molar-refractivity contribution in [1.29, 1.82) is 0 Å². The lowest BCUT2D eigenvalue weighted by Gasteiger charge is -2.09. The zero-order chi connectivity index (χ0) is 14.3. The van der Waals surface area contributed by atoms with Crippen LogP contribution in [0.2, 0.25) is 0 Å². The van der Waals surface area contributed by atoms with Gasteiger partial charge >= 0.3 is 0 Å². The number of nitrogens with one attached hydrogen (secondary N) is 1. The van der Waals surface area contributed by atoms with E-state index in [1.54, 1.807) is 6.20 Å². The van der Waals surface area contributed by atoms with Crippen LogP contribution in [-0.4, -0.2) is 16.3 Å². The normalized spacial score (nSPS) is 10.3. The third kappa shape index (κ3) is 3.86. The molecule has 1 aromatic heterocycles. The highest BCUT2D eigenvalue weighted by Gasteiger charge is 1.99. The molecule has 0 amide bonds. The van der Waals surface area contributed by atoms with Crippen LogP contribution in [0.15, 0.2) is 73.1 Å². The van der Waals surface area contributed by atoms with Gasteiger partial charge in [0.05, 0.1) is 6.54 Å². The Morgan fingerprint density at radius 1 is 0.952 bits per heavy atom. The van der Waals surface area contributed by atoms with Crippen molar-refractivity contribution >= 4 is 5.69 Å². The molecule has 0 aliphatic carbocycles. The van der Waals surface area contributed by atoms with Gasteiger partial charge in [-0.3, -0.25) is 4.68 Å². The summed E-state index contributed by atoms with van der Waals surface area (Å²) >= 11 is 0. The fraction of sp³-hybridized carbons (Fsp3) is 0.118. The molecular weight excluding hydrogens is 262 g/mol. The number of hydrogen-bond acceptors (Lipinski definition) is 3. The maximum atomic E-state index is 5.81. The minimum atomic E-state index is 0.816. The lowest BCUT2D eigenvalue weighted by Crippen LogP contribution is -2.10. The Bertz CT molecular complexity index is 666. The molecule has 106 valence electrons. The molecule has 0 aliphatic heterocycles. The SMILES string of the molecule is c1ccc(Oc2cccc(NCCn3cccn3)c2)cc1. The van der Waals surface area contributed by atoms with Gasteiger partial charge in [0.25, 0.3) is 0 Å². The monoisotopic (exact) mass is 279 g/mol. The van der Waals surface area contributed by atoms with E-state index >= 15 is 0 Å². The smallest absolute Gasteiger partial charge is 0.129 e. The number of nitrogens with zero attached hydrogens (tertiary/aromatic N) is 2. The lowest BCUT2D eigenvalue weighted by molar-refractivity contribution is 0.483. The van der Waals surface area contributed by atoms with Crippen LogP contribution in [-0.2, 0) is 6.54 Å². The topological polar surface area (TPSA) is 39.1 Å². The highest BCUT2D eigenvalue weighted by molar-refractivity contribution is 5.49. The van der Waals surface area contributed by atoms with Crippen molar-refractivity contribution < 1.29 is 4.74 Å². The Balaban J connectivity index is 1.58. The van der Waals surface area contributed by atoms with E-state index < -0.39 is 0 Å². The average molecular weight is 279 g/mol. The maximum absolute atomic E-state index is 5.81. The van der Waals surface area contributed by atoms with Gasteiger partial charge in [0.2, 0.25) is 0 Å². The van der Waals surface area contributed by atoms with Crippen molar-refractivity contribution in [2.45, 2.75) is 6.54 Å². The molecule has 3 rings (SSSR count). The molecule has 4 heteroatoms. The molecule has 0 saturated heterocycles. The van der Waals surface area contributed by atoms with Crippen molar-refractivity contribution in [3.63, 3.8) is 0 Å². The van der Waals surface area contributed by atoms with E-state index in [1.807, 2.05) is 71.5 Å². The van der Waals surface area contributed by atoms with E-state index in [0.717, 1.165) is 30.3 Å². The van der Waals surface area contributed by atoms with Crippen LogP contribution in [0.5, 0.6) is 11.5 Å². The van der Waals surface area contributed by atoms with Crippen LogP contribution in [0, 0.1) is 0 Å². The highest BCUT2D eigenvalue weighted by Crippen LogP contribution is 2.23. The molecule has 0 aliphatic rings. The zero-order valence-electron chi connectivity index (χ0n) is 11.6. The second-order valence-electron chi connectivity index (χ2n) is 4.64. The van der Waals surface area contributed by atoms with Crippen molar-refractivity contribution in [3.8, 4) is 11.5 Å². The van der Waals surface area contributed by atoms with Crippen LogP contribution in [0.1, 0.15) is 0 Å². The molecule has 3 aromatic rings. The van der Waals surface area contributed by atoms with E-state index in [9.17, 15) is 0 Å². The minimum Gasteiger partial charge on any atom is -0.457 e. The third-order valence-corrected chi connectivity index (χ3v) is 3.04. The van der Waals surface area contributed by atoms with Crippen LogP contribution in [0.25, 0.3) is 0 Å². The molecule has 0 unspecified atom stereocenters. The number of ether oxygens (including phenoxy) is 1. The molecule has 4 nitrogen and oxygen atoms in total. The fourth-order valence-corrected chi connectivity index (χ4v) is 2.04. The molecule has 0 fully saturated rings. The Morgan fingerprint density at radius 2 is 1.81 bits per heavy atom. The van der Waals surface area contributed by atoms with Gasteiger partial charge in [-0.2, -0.15) is 5.10 Å². The first kappa shape index (κ1) is 13.2. The van der Waals surface area contributed by atoms with Crippen molar-refractivity contribution in [2.24, 2.45) is 0 Å². The first-order valence-corrected chi connectivity index (χ1v) is 6.94. The lowest BCUT2D eigenvalue weighted by atomic mass is 10.3. The Kier molecular flexibility index (Phi) is 4.17. The first-order chi connectivity index (χ1) is 10.4. The van der Waals surface area contributed by atoms with Crippen LogP contribution in [0.4, 0.5) is 5.69 Å². The largest absolute Gasteiger partial charge is 0.457 e. The molecular formula is C17H17N3O. The van der Waals surface area contributed by atoms with Gasteiger partial charge in [-0.15, -0.1) is 0 Å². The minimum absolute atomic E-state index is 0.816. The van der Waals surface area contributed by atoms with Gasteiger partial charge in [-0.25, -0.2) is 0 Å². The summed E-state index contributed by atoms with van der Waals surface area (Å²) in [5.74, 6) is 1.66. The zero-order valence-corrected chi connectivity index (χ0v) is 11.6. The summed E-state index contributed by atoms with van der Waals surface area (Å²) in [5, 5.41) is 7.54. The van der Waals surface area contributed by atoms with E-state index in [-0.39, 0.29) is 0 Å². The third-order valence-electron chi connectivity index (χ3n) is 3.04. The summed E-state index contributed by atoms with van der Waals surface area (Å²) in [7, 11) is 0. The summed E-state index contributed by atoms with van der Waals surface area (Å²) in [6.45, 7) is 1.65. The molecule has 0 radical (unpaired) electrons. The quantitative estimate of drug-likeness (QED) is 0.746. The number of rotatable bonds is 6. The number of anilines is 1. The van der Waals surface area contributed by atoms with Gasteiger partial charge in [0, 0.05) is 30.7 Å². The van der Waals surface area contributed by atoms with Crippen LogP contribution in [0.3, 0.4) is 0 Å². The number of aromatic nitrogens is 2. The van der Waals surface area contributed by atoms with Gasteiger partial charge in [-0.05, 0) is 30.3 Å². The summed E-state index contributed by atoms with van der Waals surface area (Å²) in [4.78, 5) is 0. The molecule has 21 heavy (non-hydrogen) atoms. The highest BCUT2D eigenvalue weighted by atomic mass is 16.5.